The Labute approximate surface area is 150 Å². The van der Waals surface area contributed by atoms with Gasteiger partial charge in [0.1, 0.15) is 5.82 Å². The largest absolute Gasteiger partial charge is 0.342 e. The first-order valence-electron chi connectivity index (χ1n) is 8.23. The lowest BCUT2D eigenvalue weighted by molar-refractivity contribution is -0.119. The van der Waals surface area contributed by atoms with Gasteiger partial charge in [0.2, 0.25) is 6.41 Å². The van der Waals surface area contributed by atoms with Crippen molar-refractivity contribution in [2.45, 2.75) is 0 Å². The van der Waals surface area contributed by atoms with E-state index in [4.69, 9.17) is 0 Å². The van der Waals surface area contributed by atoms with Crippen LogP contribution < -0.4 is 5.32 Å². The van der Waals surface area contributed by atoms with Gasteiger partial charge in [0.05, 0.1) is 5.69 Å². The molecule has 7 heteroatoms. The molecule has 0 bridgehead atoms. The van der Waals surface area contributed by atoms with Crippen LogP contribution in [0, 0.1) is 5.82 Å². The zero-order valence-corrected chi connectivity index (χ0v) is 14.0. The van der Waals surface area contributed by atoms with Crippen LogP contribution in [0.5, 0.6) is 0 Å². The van der Waals surface area contributed by atoms with Crippen molar-refractivity contribution in [3.63, 3.8) is 0 Å². The number of rotatable bonds is 4. The number of anilines is 1. The molecule has 1 saturated heterocycles. The summed E-state index contributed by atoms with van der Waals surface area (Å²) in [6.07, 6.45) is 0.773. The van der Waals surface area contributed by atoms with Gasteiger partial charge in [-0.3, -0.25) is 14.4 Å². The van der Waals surface area contributed by atoms with E-state index < -0.39 is 11.7 Å². The highest BCUT2D eigenvalue weighted by Crippen LogP contribution is 2.16. The van der Waals surface area contributed by atoms with Crippen LogP contribution in [0.25, 0.3) is 0 Å². The number of para-hydroxylation sites is 1. The van der Waals surface area contributed by atoms with E-state index in [2.05, 4.69) is 5.32 Å². The zero-order valence-electron chi connectivity index (χ0n) is 14.0. The number of piperazine rings is 1. The van der Waals surface area contributed by atoms with Gasteiger partial charge in [-0.25, -0.2) is 4.39 Å². The van der Waals surface area contributed by atoms with Gasteiger partial charge in [0.25, 0.3) is 11.8 Å². The minimum absolute atomic E-state index is 0.0826. The SMILES string of the molecule is O=CN1CCN(C(=O)c2cccc(C(=O)Nc3ccccc3F)c2)CC1. The lowest BCUT2D eigenvalue weighted by Crippen LogP contribution is -2.48. The average Bonchev–Trinajstić information content (AvgIpc) is 2.69. The van der Waals surface area contributed by atoms with Gasteiger partial charge in [-0.2, -0.15) is 0 Å². The van der Waals surface area contributed by atoms with Gasteiger partial charge in [0, 0.05) is 37.3 Å². The molecule has 134 valence electrons. The van der Waals surface area contributed by atoms with Crippen molar-refractivity contribution in [2.24, 2.45) is 0 Å². The fourth-order valence-electron chi connectivity index (χ4n) is 2.76. The zero-order chi connectivity index (χ0) is 18.5. The second-order valence-corrected chi connectivity index (χ2v) is 5.95. The molecule has 0 atom stereocenters. The van der Waals surface area contributed by atoms with Gasteiger partial charge in [-0.1, -0.05) is 18.2 Å². The maximum atomic E-state index is 13.7. The normalized spacial score (nSPS) is 14.0. The molecular formula is C19H18FN3O3. The van der Waals surface area contributed by atoms with Gasteiger partial charge in [-0.15, -0.1) is 0 Å². The fourth-order valence-corrected chi connectivity index (χ4v) is 2.76. The van der Waals surface area contributed by atoms with Crippen molar-refractivity contribution in [3.05, 3.63) is 65.5 Å². The number of carbonyl (C=O) groups excluding carboxylic acids is 3. The Morgan fingerprint density at radius 1 is 0.962 bits per heavy atom. The van der Waals surface area contributed by atoms with Crippen molar-refractivity contribution in [3.8, 4) is 0 Å². The Morgan fingerprint density at radius 3 is 2.35 bits per heavy atom. The maximum Gasteiger partial charge on any atom is 0.255 e. The fraction of sp³-hybridized carbons (Fsp3) is 0.211. The molecule has 3 rings (SSSR count). The smallest absolute Gasteiger partial charge is 0.255 e. The lowest BCUT2D eigenvalue weighted by atomic mass is 10.1. The van der Waals surface area contributed by atoms with Crippen LogP contribution in [0.2, 0.25) is 0 Å². The van der Waals surface area contributed by atoms with Crippen molar-refractivity contribution in [1.82, 2.24) is 9.80 Å². The standard InChI is InChI=1S/C19H18FN3O3/c20-16-6-1-2-7-17(16)21-18(25)14-4-3-5-15(12-14)19(26)23-10-8-22(13-24)9-11-23/h1-7,12-13H,8-11H2,(H,21,25). The summed E-state index contributed by atoms with van der Waals surface area (Å²) in [5, 5.41) is 2.50. The first-order chi connectivity index (χ1) is 12.6. The highest BCUT2D eigenvalue weighted by atomic mass is 19.1. The highest BCUT2D eigenvalue weighted by molar-refractivity contribution is 6.06. The van der Waals surface area contributed by atoms with E-state index >= 15 is 0 Å². The summed E-state index contributed by atoms with van der Waals surface area (Å²) in [4.78, 5) is 39.0. The molecule has 0 unspecified atom stereocenters. The van der Waals surface area contributed by atoms with E-state index in [1.165, 1.54) is 24.3 Å². The third kappa shape index (κ3) is 3.88. The van der Waals surface area contributed by atoms with Crippen LogP contribution >= 0.6 is 0 Å². The predicted molar refractivity (Wildman–Crippen MR) is 94.3 cm³/mol. The molecule has 6 nitrogen and oxygen atoms in total. The molecule has 1 aliphatic heterocycles. The third-order valence-electron chi connectivity index (χ3n) is 4.24. The van der Waals surface area contributed by atoms with Crippen LogP contribution in [0.3, 0.4) is 0 Å². The van der Waals surface area contributed by atoms with Gasteiger partial charge in [-0.05, 0) is 30.3 Å². The molecule has 1 fully saturated rings. The number of nitrogens with zero attached hydrogens (tertiary/aromatic N) is 2. The van der Waals surface area contributed by atoms with Gasteiger partial charge >= 0.3 is 0 Å². The quantitative estimate of drug-likeness (QED) is 0.853. The molecule has 0 aliphatic carbocycles. The monoisotopic (exact) mass is 355 g/mol. The summed E-state index contributed by atoms with van der Waals surface area (Å²) in [7, 11) is 0. The molecule has 0 spiro atoms. The average molecular weight is 355 g/mol. The molecule has 1 heterocycles. The second-order valence-electron chi connectivity index (χ2n) is 5.95. The lowest BCUT2D eigenvalue weighted by Gasteiger charge is -2.32. The first-order valence-corrected chi connectivity index (χ1v) is 8.23. The molecule has 1 N–H and O–H groups in total. The Kier molecular flexibility index (Phi) is 5.26. The minimum atomic E-state index is -0.527. The summed E-state index contributed by atoms with van der Waals surface area (Å²) in [6, 6.07) is 12.2. The topological polar surface area (TPSA) is 69.7 Å². The van der Waals surface area contributed by atoms with Crippen molar-refractivity contribution in [2.75, 3.05) is 31.5 Å². The molecule has 0 saturated carbocycles. The number of carbonyl (C=O) groups is 3. The Balaban J connectivity index is 1.71. The predicted octanol–water partition coefficient (Wildman–Crippen LogP) is 1.99. The van der Waals surface area contributed by atoms with Crippen LogP contribution in [-0.2, 0) is 4.79 Å². The summed E-state index contributed by atoms with van der Waals surface area (Å²) in [5.41, 5.74) is 0.732. The van der Waals surface area contributed by atoms with Crippen LogP contribution in [-0.4, -0.2) is 54.2 Å². The molecule has 3 amide bonds. The van der Waals surface area contributed by atoms with Crippen molar-refractivity contribution in [1.29, 1.82) is 0 Å². The van der Waals surface area contributed by atoms with Gasteiger partial charge < -0.3 is 15.1 Å². The first kappa shape index (κ1) is 17.6. The molecular weight excluding hydrogens is 337 g/mol. The Morgan fingerprint density at radius 2 is 1.65 bits per heavy atom. The van der Waals surface area contributed by atoms with Gasteiger partial charge in [0.15, 0.2) is 0 Å². The summed E-state index contributed by atoms with van der Waals surface area (Å²) >= 11 is 0. The Hall–Kier alpha value is -3.22. The van der Waals surface area contributed by atoms with E-state index in [-0.39, 0.29) is 17.2 Å². The summed E-state index contributed by atoms with van der Waals surface area (Å²) in [5.74, 6) is -1.22. The van der Waals surface area contributed by atoms with E-state index in [0.717, 1.165) is 6.41 Å². The molecule has 0 aromatic heterocycles. The molecule has 2 aromatic carbocycles. The van der Waals surface area contributed by atoms with E-state index in [9.17, 15) is 18.8 Å². The van der Waals surface area contributed by atoms with Crippen LogP contribution in [0.4, 0.5) is 10.1 Å². The number of nitrogens with one attached hydrogen (secondary N) is 1. The Bertz CT molecular complexity index is 832. The summed E-state index contributed by atoms with van der Waals surface area (Å²) < 4.78 is 13.7. The minimum Gasteiger partial charge on any atom is -0.342 e. The van der Waals surface area contributed by atoms with E-state index in [0.29, 0.717) is 31.7 Å². The van der Waals surface area contributed by atoms with E-state index in [1.54, 1.807) is 34.1 Å². The molecule has 0 radical (unpaired) electrons. The highest BCUT2D eigenvalue weighted by Gasteiger charge is 2.22. The van der Waals surface area contributed by atoms with E-state index in [1.807, 2.05) is 0 Å². The molecule has 2 aromatic rings. The number of benzene rings is 2. The van der Waals surface area contributed by atoms with Crippen LogP contribution in [0.15, 0.2) is 48.5 Å². The number of amides is 3. The maximum absolute atomic E-state index is 13.7. The third-order valence-corrected chi connectivity index (χ3v) is 4.24. The number of hydrogen-bond acceptors (Lipinski definition) is 3. The molecule has 1 aliphatic rings. The van der Waals surface area contributed by atoms with Crippen molar-refractivity contribution < 1.29 is 18.8 Å². The summed E-state index contributed by atoms with van der Waals surface area (Å²) in [6.45, 7) is 1.87. The van der Waals surface area contributed by atoms with Crippen molar-refractivity contribution >= 4 is 23.9 Å². The number of hydrogen-bond donors (Lipinski definition) is 1. The van der Waals surface area contributed by atoms with Crippen LogP contribution in [0.1, 0.15) is 20.7 Å². The second kappa shape index (κ2) is 7.77. The molecule has 26 heavy (non-hydrogen) atoms. The number of halogens is 1.